The number of thiophene rings is 1. The maximum Gasteiger partial charge on any atom is 0.111 e. The summed E-state index contributed by atoms with van der Waals surface area (Å²) in [6, 6.07) is 4.01. The van der Waals surface area contributed by atoms with Crippen molar-refractivity contribution in [1.29, 1.82) is 0 Å². The molecule has 2 heterocycles. The van der Waals surface area contributed by atoms with Gasteiger partial charge in [0.15, 0.2) is 0 Å². The summed E-state index contributed by atoms with van der Waals surface area (Å²) < 4.78 is 3.06. The van der Waals surface area contributed by atoms with Gasteiger partial charge in [0.1, 0.15) is 5.82 Å². The lowest BCUT2D eigenvalue weighted by Gasteiger charge is -2.10. The van der Waals surface area contributed by atoms with E-state index in [-0.39, 0.29) is 0 Å². The van der Waals surface area contributed by atoms with E-state index in [1.807, 2.05) is 18.5 Å². The minimum atomic E-state index is 0.469. The van der Waals surface area contributed by atoms with Gasteiger partial charge >= 0.3 is 0 Å². The number of nitrogens with one attached hydrogen (secondary N) is 1. The summed E-state index contributed by atoms with van der Waals surface area (Å²) in [5, 5.41) is 3.42. The van der Waals surface area contributed by atoms with Crippen LogP contribution in [0, 0.1) is 0 Å². The summed E-state index contributed by atoms with van der Waals surface area (Å²) in [5.74, 6) is 1.62. The predicted molar refractivity (Wildman–Crippen MR) is 77.4 cm³/mol. The maximum absolute atomic E-state index is 5.89. The first-order valence-corrected chi connectivity index (χ1v) is 7.32. The molecule has 18 heavy (non-hydrogen) atoms. The van der Waals surface area contributed by atoms with Crippen molar-refractivity contribution in [2.45, 2.75) is 32.9 Å². The SMILES string of the molecule is CC(C)c1nccn1CCNCc1ccc(Cl)s1. The fourth-order valence-electron chi connectivity index (χ4n) is 1.87. The summed E-state index contributed by atoms with van der Waals surface area (Å²) in [6.07, 6.45) is 3.91. The molecule has 0 spiro atoms. The molecular weight excluding hydrogens is 266 g/mol. The van der Waals surface area contributed by atoms with Gasteiger partial charge in [-0.05, 0) is 12.1 Å². The molecule has 0 unspecified atom stereocenters. The molecule has 2 rings (SSSR count). The van der Waals surface area contributed by atoms with Gasteiger partial charge in [-0.15, -0.1) is 11.3 Å². The van der Waals surface area contributed by atoms with E-state index >= 15 is 0 Å². The summed E-state index contributed by atoms with van der Waals surface area (Å²) in [5.41, 5.74) is 0. The predicted octanol–water partition coefficient (Wildman–Crippen LogP) is 3.51. The monoisotopic (exact) mass is 283 g/mol. The van der Waals surface area contributed by atoms with Crippen LogP contribution in [0.5, 0.6) is 0 Å². The molecule has 0 saturated heterocycles. The van der Waals surface area contributed by atoms with E-state index < -0.39 is 0 Å². The Morgan fingerprint density at radius 1 is 1.44 bits per heavy atom. The first-order chi connectivity index (χ1) is 8.66. The Morgan fingerprint density at radius 3 is 2.94 bits per heavy atom. The molecule has 0 aliphatic carbocycles. The highest BCUT2D eigenvalue weighted by Gasteiger charge is 2.06. The lowest BCUT2D eigenvalue weighted by atomic mass is 10.2. The lowest BCUT2D eigenvalue weighted by Crippen LogP contribution is -2.20. The first kappa shape index (κ1) is 13.6. The molecule has 0 aromatic carbocycles. The quantitative estimate of drug-likeness (QED) is 0.822. The normalized spacial score (nSPS) is 11.3. The molecule has 0 bridgehead atoms. The van der Waals surface area contributed by atoms with Crippen LogP contribution >= 0.6 is 22.9 Å². The minimum absolute atomic E-state index is 0.469. The molecule has 0 aliphatic heterocycles. The van der Waals surface area contributed by atoms with Crippen LogP contribution in [-0.4, -0.2) is 16.1 Å². The van der Waals surface area contributed by atoms with Gasteiger partial charge in [-0.25, -0.2) is 4.98 Å². The maximum atomic E-state index is 5.89. The molecule has 0 saturated carbocycles. The minimum Gasteiger partial charge on any atom is -0.333 e. The number of halogens is 1. The van der Waals surface area contributed by atoms with E-state index in [1.165, 1.54) is 4.88 Å². The van der Waals surface area contributed by atoms with Crippen LogP contribution < -0.4 is 5.32 Å². The Bertz CT molecular complexity index is 490. The molecule has 1 N–H and O–H groups in total. The highest BCUT2D eigenvalue weighted by Crippen LogP contribution is 2.20. The van der Waals surface area contributed by atoms with Crippen LogP contribution in [0.2, 0.25) is 4.34 Å². The summed E-state index contributed by atoms with van der Waals surface area (Å²) in [7, 11) is 0. The van der Waals surface area contributed by atoms with Crippen molar-refractivity contribution < 1.29 is 0 Å². The lowest BCUT2D eigenvalue weighted by molar-refractivity contribution is 0.567. The highest BCUT2D eigenvalue weighted by molar-refractivity contribution is 7.16. The molecule has 3 nitrogen and oxygen atoms in total. The third-order valence-corrected chi connectivity index (χ3v) is 3.95. The van der Waals surface area contributed by atoms with Gasteiger partial charge in [-0.3, -0.25) is 0 Å². The van der Waals surface area contributed by atoms with Gasteiger partial charge in [-0.2, -0.15) is 0 Å². The van der Waals surface area contributed by atoms with Gasteiger partial charge in [0, 0.05) is 42.8 Å². The standard InChI is InChI=1S/C13H18ClN3S/c1-10(2)13-16-6-8-17(13)7-5-15-9-11-3-4-12(14)18-11/h3-4,6,8,10,15H,5,7,9H2,1-2H3. The zero-order valence-corrected chi connectivity index (χ0v) is 12.3. The second kappa shape index (κ2) is 6.36. The molecule has 0 aliphatic rings. The van der Waals surface area contributed by atoms with Crippen molar-refractivity contribution in [3.8, 4) is 0 Å². The van der Waals surface area contributed by atoms with Crippen LogP contribution in [0.3, 0.4) is 0 Å². The Morgan fingerprint density at radius 2 is 2.28 bits per heavy atom. The Balaban J connectivity index is 1.77. The number of imidazole rings is 1. The molecule has 0 atom stereocenters. The van der Waals surface area contributed by atoms with E-state index in [9.17, 15) is 0 Å². The Hall–Kier alpha value is -0.840. The summed E-state index contributed by atoms with van der Waals surface area (Å²) in [4.78, 5) is 5.65. The number of rotatable bonds is 6. The second-order valence-corrected chi connectivity index (χ2v) is 6.32. The van der Waals surface area contributed by atoms with E-state index in [0.29, 0.717) is 5.92 Å². The van der Waals surface area contributed by atoms with Crippen molar-refractivity contribution in [2.75, 3.05) is 6.54 Å². The number of aromatic nitrogens is 2. The van der Waals surface area contributed by atoms with E-state index in [0.717, 1.165) is 29.8 Å². The van der Waals surface area contributed by atoms with Crippen molar-refractivity contribution in [3.63, 3.8) is 0 Å². The summed E-state index contributed by atoms with van der Waals surface area (Å²) in [6.45, 7) is 7.10. The molecule has 2 aromatic heterocycles. The van der Waals surface area contributed by atoms with Crippen LogP contribution in [-0.2, 0) is 13.1 Å². The van der Waals surface area contributed by atoms with Gasteiger partial charge in [0.2, 0.25) is 0 Å². The third kappa shape index (κ3) is 3.57. The zero-order chi connectivity index (χ0) is 13.0. The van der Waals surface area contributed by atoms with Gasteiger partial charge in [0.25, 0.3) is 0 Å². The van der Waals surface area contributed by atoms with E-state index in [1.54, 1.807) is 11.3 Å². The molecule has 0 amide bonds. The van der Waals surface area contributed by atoms with Crippen molar-refractivity contribution in [3.05, 3.63) is 39.6 Å². The molecule has 98 valence electrons. The highest BCUT2D eigenvalue weighted by atomic mass is 35.5. The molecule has 5 heteroatoms. The average molecular weight is 284 g/mol. The van der Waals surface area contributed by atoms with Crippen molar-refractivity contribution in [1.82, 2.24) is 14.9 Å². The molecule has 2 aromatic rings. The van der Waals surface area contributed by atoms with Crippen LogP contribution in [0.15, 0.2) is 24.5 Å². The smallest absolute Gasteiger partial charge is 0.111 e. The number of nitrogens with zero attached hydrogens (tertiary/aromatic N) is 2. The Labute approximate surface area is 117 Å². The fraction of sp³-hybridized carbons (Fsp3) is 0.462. The average Bonchev–Trinajstić information content (AvgIpc) is 2.93. The fourth-order valence-corrected chi connectivity index (χ4v) is 2.93. The van der Waals surface area contributed by atoms with Crippen LogP contribution in [0.1, 0.15) is 30.5 Å². The van der Waals surface area contributed by atoms with Gasteiger partial charge < -0.3 is 9.88 Å². The van der Waals surface area contributed by atoms with Crippen molar-refractivity contribution in [2.24, 2.45) is 0 Å². The topological polar surface area (TPSA) is 29.9 Å². The summed E-state index contributed by atoms with van der Waals surface area (Å²) >= 11 is 7.52. The largest absolute Gasteiger partial charge is 0.333 e. The number of hydrogen-bond acceptors (Lipinski definition) is 3. The van der Waals surface area contributed by atoms with Crippen LogP contribution in [0.4, 0.5) is 0 Å². The number of hydrogen-bond donors (Lipinski definition) is 1. The third-order valence-electron chi connectivity index (χ3n) is 2.72. The van der Waals surface area contributed by atoms with Crippen molar-refractivity contribution >= 4 is 22.9 Å². The Kier molecular flexibility index (Phi) is 4.80. The molecular formula is C13H18ClN3S. The second-order valence-electron chi connectivity index (χ2n) is 4.52. The molecule has 0 fully saturated rings. The molecule has 0 radical (unpaired) electrons. The first-order valence-electron chi connectivity index (χ1n) is 6.13. The van der Waals surface area contributed by atoms with Gasteiger partial charge in [-0.1, -0.05) is 25.4 Å². The van der Waals surface area contributed by atoms with Gasteiger partial charge in [0.05, 0.1) is 4.34 Å². The van der Waals surface area contributed by atoms with Crippen LogP contribution in [0.25, 0.3) is 0 Å². The van der Waals surface area contributed by atoms with E-state index in [4.69, 9.17) is 11.6 Å². The zero-order valence-electron chi connectivity index (χ0n) is 10.7. The van der Waals surface area contributed by atoms with E-state index in [2.05, 4.69) is 34.8 Å².